The molecule has 8 heteroatoms. The summed E-state index contributed by atoms with van der Waals surface area (Å²) in [7, 11) is 0. The Bertz CT molecular complexity index is 666. The van der Waals surface area contributed by atoms with Gasteiger partial charge in [0, 0.05) is 17.1 Å². The molecule has 0 amide bonds. The van der Waals surface area contributed by atoms with Gasteiger partial charge in [-0.05, 0) is 19.8 Å². The Kier molecular flexibility index (Phi) is 6.77. The van der Waals surface area contributed by atoms with Crippen LogP contribution in [0.2, 0.25) is 0 Å². The molecular formula is C21H29NO7. The summed E-state index contributed by atoms with van der Waals surface area (Å²) in [4.78, 5) is 11.6. The minimum Gasteiger partial charge on any atom is -0.368 e. The van der Waals surface area contributed by atoms with Crippen LogP contribution in [0.25, 0.3) is 0 Å². The van der Waals surface area contributed by atoms with E-state index in [1.54, 1.807) is 0 Å². The average Bonchev–Trinajstić information content (AvgIpc) is 2.75. The Balaban J connectivity index is 1.53. The van der Waals surface area contributed by atoms with Crippen LogP contribution in [0.15, 0.2) is 30.3 Å². The van der Waals surface area contributed by atoms with Gasteiger partial charge < -0.3 is 23.7 Å². The first kappa shape index (κ1) is 20.7. The molecule has 0 N–H and O–H groups in total. The Labute approximate surface area is 170 Å². The molecule has 1 unspecified atom stereocenters. The van der Waals surface area contributed by atoms with E-state index in [1.807, 2.05) is 37.3 Å². The van der Waals surface area contributed by atoms with Crippen LogP contribution in [-0.4, -0.2) is 54.9 Å². The zero-order valence-electron chi connectivity index (χ0n) is 16.7. The highest BCUT2D eigenvalue weighted by atomic mass is 16.8. The first-order valence-electron chi connectivity index (χ1n) is 10.6. The molecule has 2 saturated heterocycles. The van der Waals surface area contributed by atoms with Crippen molar-refractivity contribution in [2.45, 2.75) is 82.1 Å². The number of rotatable bonds is 6. The molecular weight excluding hydrogens is 378 g/mol. The quantitative estimate of drug-likeness (QED) is 0.528. The highest BCUT2D eigenvalue weighted by Gasteiger charge is 2.57. The monoisotopic (exact) mass is 407 g/mol. The van der Waals surface area contributed by atoms with Gasteiger partial charge in [-0.25, -0.2) is 0 Å². The van der Waals surface area contributed by atoms with E-state index in [4.69, 9.17) is 23.7 Å². The summed E-state index contributed by atoms with van der Waals surface area (Å²) in [6.45, 7) is 2.43. The van der Waals surface area contributed by atoms with Gasteiger partial charge in [0.1, 0.15) is 12.2 Å². The largest absolute Gasteiger partial charge is 0.368 e. The third-order valence-corrected chi connectivity index (χ3v) is 5.86. The summed E-state index contributed by atoms with van der Waals surface area (Å²) in [6, 6.07) is 8.39. The standard InChI is InChI=1S/C21H29NO7/c1-2-25-19-17(22(23)24)21(27-15-11-7-4-8-12-15)28-16-13-26-20(29-18(16)19)14-9-5-3-6-10-14/h3,5-6,9-10,15-21H,2,4,7-8,11-13H2,1H3/t16-,17-,18-,19-,20?,21-/m1/s1. The fourth-order valence-electron chi connectivity index (χ4n) is 4.45. The van der Waals surface area contributed by atoms with Crippen LogP contribution in [0.5, 0.6) is 0 Å². The topological polar surface area (TPSA) is 89.3 Å². The molecule has 0 bridgehead atoms. The second-order valence-electron chi connectivity index (χ2n) is 7.81. The Morgan fingerprint density at radius 1 is 1.14 bits per heavy atom. The maximum atomic E-state index is 12.0. The molecule has 2 aliphatic heterocycles. The van der Waals surface area contributed by atoms with Crippen LogP contribution >= 0.6 is 0 Å². The summed E-state index contributed by atoms with van der Waals surface area (Å²) >= 11 is 0. The van der Waals surface area contributed by atoms with E-state index in [2.05, 4.69) is 0 Å². The molecule has 2 heterocycles. The zero-order valence-corrected chi connectivity index (χ0v) is 16.7. The predicted octanol–water partition coefficient (Wildman–Crippen LogP) is 3.23. The van der Waals surface area contributed by atoms with E-state index in [0.717, 1.165) is 31.2 Å². The van der Waals surface area contributed by atoms with Crippen LogP contribution < -0.4 is 0 Å². The highest BCUT2D eigenvalue weighted by molar-refractivity contribution is 5.16. The number of nitrogens with zero attached hydrogens (tertiary/aromatic N) is 1. The summed E-state index contributed by atoms with van der Waals surface area (Å²) in [6.07, 6.45) is 1.71. The number of hydrogen-bond donors (Lipinski definition) is 0. The van der Waals surface area contributed by atoms with Crippen molar-refractivity contribution in [2.75, 3.05) is 13.2 Å². The van der Waals surface area contributed by atoms with Crippen LogP contribution in [0.3, 0.4) is 0 Å². The summed E-state index contributed by atoms with van der Waals surface area (Å²) < 4.78 is 30.0. The molecule has 1 aromatic rings. The molecule has 1 aliphatic carbocycles. The van der Waals surface area contributed by atoms with Gasteiger partial charge in [-0.2, -0.15) is 0 Å². The third kappa shape index (κ3) is 4.62. The maximum absolute atomic E-state index is 12.0. The lowest BCUT2D eigenvalue weighted by Gasteiger charge is -2.46. The van der Waals surface area contributed by atoms with Crippen molar-refractivity contribution in [3.63, 3.8) is 0 Å². The molecule has 6 atom stereocenters. The molecule has 0 aromatic heterocycles. The first-order chi connectivity index (χ1) is 14.2. The second-order valence-corrected chi connectivity index (χ2v) is 7.81. The molecule has 0 spiro atoms. The fraction of sp³-hybridized carbons (Fsp3) is 0.714. The molecule has 1 saturated carbocycles. The summed E-state index contributed by atoms with van der Waals surface area (Å²) in [5.74, 6) is 0. The van der Waals surface area contributed by atoms with Crippen molar-refractivity contribution in [3.05, 3.63) is 46.0 Å². The number of ether oxygens (including phenoxy) is 5. The highest BCUT2D eigenvalue weighted by Crippen LogP contribution is 2.37. The van der Waals surface area contributed by atoms with Gasteiger partial charge in [0.05, 0.1) is 12.7 Å². The van der Waals surface area contributed by atoms with E-state index in [9.17, 15) is 10.1 Å². The predicted molar refractivity (Wildman–Crippen MR) is 103 cm³/mol. The lowest BCUT2D eigenvalue weighted by molar-refractivity contribution is -0.581. The lowest BCUT2D eigenvalue weighted by Crippen LogP contribution is -2.65. The number of benzene rings is 1. The SMILES string of the molecule is CCO[C@H]1[C@@H]2OC(c3ccccc3)OC[C@H]2O[C@@H](OC2CCCCC2)[C@@H]1[N+](=O)[O-]. The van der Waals surface area contributed by atoms with Crippen molar-refractivity contribution >= 4 is 0 Å². The van der Waals surface area contributed by atoms with E-state index >= 15 is 0 Å². The third-order valence-electron chi connectivity index (χ3n) is 5.86. The molecule has 160 valence electrons. The van der Waals surface area contributed by atoms with Gasteiger partial charge in [0.25, 0.3) is 6.04 Å². The Morgan fingerprint density at radius 2 is 1.90 bits per heavy atom. The summed E-state index contributed by atoms with van der Waals surface area (Å²) in [5, 5.41) is 12.0. The van der Waals surface area contributed by atoms with Crippen molar-refractivity contribution in [1.29, 1.82) is 0 Å². The molecule has 3 fully saturated rings. The van der Waals surface area contributed by atoms with Gasteiger partial charge in [0.2, 0.25) is 6.29 Å². The van der Waals surface area contributed by atoms with Gasteiger partial charge in [-0.3, -0.25) is 10.1 Å². The van der Waals surface area contributed by atoms with E-state index in [0.29, 0.717) is 6.61 Å². The zero-order chi connectivity index (χ0) is 20.2. The number of fused-ring (bicyclic) bond motifs is 1. The Morgan fingerprint density at radius 3 is 2.59 bits per heavy atom. The number of nitro groups is 1. The van der Waals surface area contributed by atoms with Crippen molar-refractivity contribution in [3.8, 4) is 0 Å². The molecule has 8 nitrogen and oxygen atoms in total. The normalized spacial score (nSPS) is 35.8. The van der Waals surface area contributed by atoms with Crippen LogP contribution in [0.1, 0.15) is 50.9 Å². The van der Waals surface area contributed by atoms with Crippen LogP contribution in [-0.2, 0) is 23.7 Å². The Hall–Kier alpha value is -1.58. The summed E-state index contributed by atoms with van der Waals surface area (Å²) in [5.41, 5.74) is 0.861. The van der Waals surface area contributed by atoms with E-state index in [1.165, 1.54) is 6.42 Å². The van der Waals surface area contributed by atoms with Crippen molar-refractivity contribution in [2.24, 2.45) is 0 Å². The minimum atomic E-state index is -1.15. The molecule has 4 rings (SSSR count). The van der Waals surface area contributed by atoms with Gasteiger partial charge >= 0.3 is 0 Å². The first-order valence-corrected chi connectivity index (χ1v) is 10.6. The smallest absolute Gasteiger partial charge is 0.291 e. The van der Waals surface area contributed by atoms with Crippen LogP contribution in [0, 0.1) is 10.1 Å². The average molecular weight is 407 g/mol. The minimum absolute atomic E-state index is 0.0162. The molecule has 3 aliphatic rings. The van der Waals surface area contributed by atoms with Crippen LogP contribution in [0.4, 0.5) is 0 Å². The number of hydrogen-bond acceptors (Lipinski definition) is 7. The fourth-order valence-corrected chi connectivity index (χ4v) is 4.45. The molecule has 1 aromatic carbocycles. The van der Waals surface area contributed by atoms with E-state index < -0.39 is 36.9 Å². The van der Waals surface area contributed by atoms with Crippen molar-refractivity contribution < 1.29 is 28.6 Å². The van der Waals surface area contributed by atoms with Crippen molar-refractivity contribution in [1.82, 2.24) is 0 Å². The second kappa shape index (κ2) is 9.49. The molecule has 0 radical (unpaired) electrons. The van der Waals surface area contributed by atoms with Gasteiger partial charge in [-0.15, -0.1) is 0 Å². The maximum Gasteiger partial charge on any atom is 0.291 e. The molecule has 29 heavy (non-hydrogen) atoms. The lowest BCUT2D eigenvalue weighted by atomic mass is 9.94. The van der Waals surface area contributed by atoms with Gasteiger partial charge in [-0.1, -0.05) is 49.6 Å². The van der Waals surface area contributed by atoms with Gasteiger partial charge in [0.15, 0.2) is 12.4 Å². The van der Waals surface area contributed by atoms with E-state index in [-0.39, 0.29) is 17.6 Å².